The van der Waals surface area contributed by atoms with Crippen molar-refractivity contribution < 1.29 is 14.2 Å². The largest absolute Gasteiger partial charge is 0.493 e. The van der Waals surface area contributed by atoms with Gasteiger partial charge in [0.1, 0.15) is 19.0 Å². The maximum Gasteiger partial charge on any atom is 0.162 e. The second-order valence-corrected chi connectivity index (χ2v) is 4.77. The van der Waals surface area contributed by atoms with Gasteiger partial charge in [0.15, 0.2) is 11.5 Å². The molecule has 118 valence electrons. The molecule has 0 fully saturated rings. The minimum atomic E-state index is 0.380. The number of methoxy groups -OCH3 is 1. The van der Waals surface area contributed by atoms with E-state index in [9.17, 15) is 0 Å². The number of ether oxygens (including phenoxy) is 3. The third kappa shape index (κ3) is 4.52. The Morgan fingerprint density at radius 2 is 1.78 bits per heavy atom. The van der Waals surface area contributed by atoms with Crippen LogP contribution in [0.4, 0.5) is 0 Å². The van der Waals surface area contributed by atoms with Gasteiger partial charge in [-0.3, -0.25) is 0 Å². The second-order valence-electron chi connectivity index (χ2n) is 4.77. The summed E-state index contributed by atoms with van der Waals surface area (Å²) in [6, 6.07) is 15.0. The Hall–Kier alpha value is -2.93. The number of hydrogen-bond donors (Lipinski definition) is 0. The fourth-order valence-electron chi connectivity index (χ4n) is 2.13. The molecule has 0 radical (unpaired) electrons. The molecule has 0 N–H and O–H groups in total. The van der Waals surface area contributed by atoms with E-state index in [0.717, 1.165) is 17.7 Å². The number of hydrogen-bond acceptors (Lipinski definition) is 4. The standard InChI is InChI=1S/C19H19NO3/c1-3-6-16-7-4-5-8-17(16)22-11-12-23-18-10-9-15(14-20)13-19(18)21-2/h3-5,7-10,13H,1,6,11-12H2,2H3. The van der Waals surface area contributed by atoms with Crippen molar-refractivity contribution >= 4 is 0 Å². The van der Waals surface area contributed by atoms with Crippen LogP contribution in [0.25, 0.3) is 0 Å². The van der Waals surface area contributed by atoms with Crippen LogP contribution in [-0.4, -0.2) is 20.3 Å². The zero-order chi connectivity index (χ0) is 16.5. The summed E-state index contributed by atoms with van der Waals surface area (Å²) in [4.78, 5) is 0. The molecule has 4 nitrogen and oxygen atoms in total. The van der Waals surface area contributed by atoms with Crippen LogP contribution in [0.5, 0.6) is 17.2 Å². The first-order valence-corrected chi connectivity index (χ1v) is 7.31. The van der Waals surface area contributed by atoms with Crippen molar-refractivity contribution in [2.75, 3.05) is 20.3 Å². The van der Waals surface area contributed by atoms with Gasteiger partial charge in [0.2, 0.25) is 0 Å². The molecular weight excluding hydrogens is 290 g/mol. The molecule has 0 heterocycles. The maximum absolute atomic E-state index is 8.88. The van der Waals surface area contributed by atoms with Crippen molar-refractivity contribution in [3.63, 3.8) is 0 Å². The van der Waals surface area contributed by atoms with Gasteiger partial charge in [0, 0.05) is 6.07 Å². The van der Waals surface area contributed by atoms with Gasteiger partial charge >= 0.3 is 0 Å². The molecule has 2 rings (SSSR count). The average molecular weight is 309 g/mol. The molecule has 0 aliphatic rings. The van der Waals surface area contributed by atoms with E-state index < -0.39 is 0 Å². The Morgan fingerprint density at radius 3 is 2.48 bits per heavy atom. The summed E-state index contributed by atoms with van der Waals surface area (Å²) in [6.45, 7) is 4.54. The van der Waals surface area contributed by atoms with E-state index in [4.69, 9.17) is 19.5 Å². The SMILES string of the molecule is C=CCc1ccccc1OCCOc1ccc(C#N)cc1OC. The van der Waals surface area contributed by atoms with Crippen LogP contribution in [-0.2, 0) is 6.42 Å². The van der Waals surface area contributed by atoms with Gasteiger partial charge in [0.05, 0.1) is 18.7 Å². The molecule has 0 aromatic heterocycles. The third-order valence-corrected chi connectivity index (χ3v) is 3.23. The van der Waals surface area contributed by atoms with Crippen molar-refractivity contribution in [1.29, 1.82) is 5.26 Å². The van der Waals surface area contributed by atoms with Crippen LogP contribution in [0.2, 0.25) is 0 Å². The minimum Gasteiger partial charge on any atom is -0.493 e. The summed E-state index contributed by atoms with van der Waals surface area (Å²) in [6.07, 6.45) is 2.61. The first kappa shape index (κ1) is 16.4. The Bertz CT molecular complexity index is 704. The lowest BCUT2D eigenvalue weighted by Crippen LogP contribution is -2.10. The molecule has 0 unspecified atom stereocenters. The molecule has 0 aliphatic carbocycles. The van der Waals surface area contributed by atoms with Gasteiger partial charge < -0.3 is 14.2 Å². The summed E-state index contributed by atoms with van der Waals surface area (Å²) in [5, 5.41) is 8.88. The fourth-order valence-corrected chi connectivity index (χ4v) is 2.13. The highest BCUT2D eigenvalue weighted by molar-refractivity contribution is 5.46. The predicted octanol–water partition coefficient (Wildman–Crippen LogP) is 3.75. The Kier molecular flexibility index (Phi) is 6.07. The highest BCUT2D eigenvalue weighted by atomic mass is 16.5. The van der Waals surface area contributed by atoms with Gasteiger partial charge in [-0.1, -0.05) is 24.3 Å². The highest BCUT2D eigenvalue weighted by Gasteiger charge is 2.06. The first-order valence-electron chi connectivity index (χ1n) is 7.31. The van der Waals surface area contributed by atoms with E-state index in [2.05, 4.69) is 12.6 Å². The molecule has 0 saturated carbocycles. The molecular formula is C19H19NO3. The van der Waals surface area contributed by atoms with E-state index in [-0.39, 0.29) is 0 Å². The number of rotatable bonds is 8. The summed E-state index contributed by atoms with van der Waals surface area (Å²) in [7, 11) is 1.55. The number of nitriles is 1. The summed E-state index contributed by atoms with van der Waals surface area (Å²) in [5.41, 5.74) is 1.63. The molecule has 4 heteroatoms. The normalized spacial score (nSPS) is 9.74. The van der Waals surface area contributed by atoms with E-state index in [1.54, 1.807) is 25.3 Å². The fraction of sp³-hybridized carbons (Fsp3) is 0.211. The van der Waals surface area contributed by atoms with Crippen LogP contribution < -0.4 is 14.2 Å². The number of nitrogens with zero attached hydrogens (tertiary/aromatic N) is 1. The maximum atomic E-state index is 8.88. The van der Waals surface area contributed by atoms with Crippen LogP contribution in [0.1, 0.15) is 11.1 Å². The smallest absolute Gasteiger partial charge is 0.162 e. The lowest BCUT2D eigenvalue weighted by Gasteiger charge is -2.13. The zero-order valence-electron chi connectivity index (χ0n) is 13.1. The van der Waals surface area contributed by atoms with Crippen LogP contribution in [0, 0.1) is 11.3 Å². The molecule has 0 atom stereocenters. The number of para-hydroxylation sites is 1. The molecule has 23 heavy (non-hydrogen) atoms. The van der Waals surface area contributed by atoms with Gasteiger partial charge in [0.25, 0.3) is 0 Å². The Balaban J connectivity index is 1.91. The average Bonchev–Trinajstić information content (AvgIpc) is 2.60. The molecule has 2 aromatic rings. The minimum absolute atomic E-state index is 0.380. The van der Waals surface area contributed by atoms with E-state index in [1.807, 2.05) is 30.3 Å². The van der Waals surface area contributed by atoms with E-state index in [1.165, 1.54) is 0 Å². The summed E-state index contributed by atoms with van der Waals surface area (Å²) < 4.78 is 16.7. The lowest BCUT2D eigenvalue weighted by atomic mass is 10.1. The Labute approximate surface area is 136 Å². The molecule has 0 aliphatic heterocycles. The van der Waals surface area contributed by atoms with Gasteiger partial charge in [-0.25, -0.2) is 0 Å². The lowest BCUT2D eigenvalue weighted by molar-refractivity contribution is 0.210. The highest BCUT2D eigenvalue weighted by Crippen LogP contribution is 2.27. The quantitative estimate of drug-likeness (QED) is 0.550. The number of allylic oxidation sites excluding steroid dienone is 1. The van der Waals surface area contributed by atoms with Crippen molar-refractivity contribution in [2.24, 2.45) is 0 Å². The van der Waals surface area contributed by atoms with Gasteiger partial charge in [-0.05, 0) is 30.2 Å². The Morgan fingerprint density at radius 1 is 1.04 bits per heavy atom. The van der Waals surface area contributed by atoms with Crippen LogP contribution >= 0.6 is 0 Å². The summed E-state index contributed by atoms with van der Waals surface area (Å²) >= 11 is 0. The predicted molar refractivity (Wildman–Crippen MR) is 89.0 cm³/mol. The van der Waals surface area contributed by atoms with Crippen LogP contribution in [0.15, 0.2) is 55.1 Å². The van der Waals surface area contributed by atoms with Gasteiger partial charge in [-0.2, -0.15) is 5.26 Å². The van der Waals surface area contributed by atoms with Crippen LogP contribution in [0.3, 0.4) is 0 Å². The molecule has 2 aromatic carbocycles. The first-order chi connectivity index (χ1) is 11.3. The number of benzene rings is 2. The molecule has 0 spiro atoms. The van der Waals surface area contributed by atoms with E-state index >= 15 is 0 Å². The summed E-state index contributed by atoms with van der Waals surface area (Å²) in [5.74, 6) is 1.97. The molecule has 0 bridgehead atoms. The van der Waals surface area contributed by atoms with Crippen molar-refractivity contribution in [3.05, 3.63) is 66.2 Å². The molecule has 0 saturated heterocycles. The monoisotopic (exact) mass is 309 g/mol. The topological polar surface area (TPSA) is 51.5 Å². The second kappa shape index (κ2) is 8.50. The zero-order valence-corrected chi connectivity index (χ0v) is 13.1. The van der Waals surface area contributed by atoms with Gasteiger partial charge in [-0.15, -0.1) is 6.58 Å². The molecule has 0 amide bonds. The van der Waals surface area contributed by atoms with E-state index in [0.29, 0.717) is 30.3 Å². The third-order valence-electron chi connectivity index (χ3n) is 3.23. The van der Waals surface area contributed by atoms with Crippen molar-refractivity contribution in [1.82, 2.24) is 0 Å². The van der Waals surface area contributed by atoms with Crippen molar-refractivity contribution in [2.45, 2.75) is 6.42 Å². The van der Waals surface area contributed by atoms with Crippen molar-refractivity contribution in [3.8, 4) is 23.3 Å².